The largest absolute Gasteiger partial charge is 0.412 e. The number of aryl methyl sites for hydroxylation is 2. The van der Waals surface area contributed by atoms with Crippen LogP contribution in [0.4, 0.5) is 10.5 Å². The van der Waals surface area contributed by atoms with Gasteiger partial charge in [0.15, 0.2) is 0 Å². The van der Waals surface area contributed by atoms with Gasteiger partial charge in [-0.3, -0.25) is 10.1 Å². The number of carbonyl (C=O) groups excluding carboxylic acids is 1. The van der Waals surface area contributed by atoms with Crippen molar-refractivity contribution in [1.29, 1.82) is 0 Å². The molecule has 0 fully saturated rings. The predicted octanol–water partition coefficient (Wildman–Crippen LogP) is 6.53. The molecule has 0 saturated carbocycles. The summed E-state index contributed by atoms with van der Waals surface area (Å²) in [4.78, 5) is 23.3. The molecule has 0 atom stereocenters. The second-order valence-corrected chi connectivity index (χ2v) is 8.98. The van der Waals surface area contributed by atoms with Crippen molar-refractivity contribution >= 4 is 11.8 Å². The van der Waals surface area contributed by atoms with Gasteiger partial charge in [0, 0.05) is 24.1 Å². The first-order valence-corrected chi connectivity index (χ1v) is 11.7. The number of benzene rings is 4. The van der Waals surface area contributed by atoms with Gasteiger partial charge < -0.3 is 10.1 Å². The van der Waals surface area contributed by atoms with E-state index >= 15 is 0 Å². The summed E-state index contributed by atoms with van der Waals surface area (Å²) in [5.74, 6) is 0.234. The third kappa shape index (κ3) is 5.78. The van der Waals surface area contributed by atoms with Gasteiger partial charge in [-0.2, -0.15) is 0 Å². The van der Waals surface area contributed by atoms with Crippen LogP contribution in [0.1, 0.15) is 27.8 Å². The summed E-state index contributed by atoms with van der Waals surface area (Å²) >= 11 is 0. The van der Waals surface area contributed by atoms with Gasteiger partial charge in [-0.25, -0.2) is 4.79 Å². The van der Waals surface area contributed by atoms with Crippen molar-refractivity contribution in [3.63, 3.8) is 0 Å². The Morgan fingerprint density at radius 3 is 1.94 bits per heavy atom. The van der Waals surface area contributed by atoms with Crippen LogP contribution < -0.4 is 10.1 Å². The van der Waals surface area contributed by atoms with Gasteiger partial charge in [0.25, 0.3) is 5.69 Å². The minimum atomic E-state index is -0.624. The number of nitrogens with one attached hydrogen (secondary N) is 1. The Morgan fingerprint density at radius 1 is 0.833 bits per heavy atom. The van der Waals surface area contributed by atoms with E-state index in [4.69, 9.17) is 4.74 Å². The van der Waals surface area contributed by atoms with Crippen LogP contribution in [0.3, 0.4) is 0 Å². The number of rotatable bonds is 8. The standard InChI is InChI=1S/C30H28N2O4/c1-22-8-6-12-25(18-22)30(20-24-10-4-3-5-11-24,26-13-7-9-23(2)19-26)21-31-29(33)36-28-16-14-27(15-17-28)32(34)35/h3-19H,20-21H2,1-2H3,(H,31,33). The Bertz CT molecular complexity index is 1310. The van der Waals surface area contributed by atoms with Crippen molar-refractivity contribution in [2.24, 2.45) is 0 Å². The topological polar surface area (TPSA) is 81.5 Å². The van der Waals surface area contributed by atoms with Crippen LogP contribution in [0.5, 0.6) is 5.75 Å². The summed E-state index contributed by atoms with van der Waals surface area (Å²) in [6, 6.07) is 32.4. The number of hydrogen-bond acceptors (Lipinski definition) is 4. The van der Waals surface area contributed by atoms with E-state index in [1.54, 1.807) is 0 Å². The smallest absolute Gasteiger partial charge is 0.410 e. The zero-order chi connectivity index (χ0) is 25.5. The molecule has 6 nitrogen and oxygen atoms in total. The highest BCUT2D eigenvalue weighted by atomic mass is 16.6. The van der Waals surface area contributed by atoms with E-state index in [2.05, 4.69) is 67.7 Å². The number of nitro benzene ring substituents is 1. The van der Waals surface area contributed by atoms with Gasteiger partial charge in [0.1, 0.15) is 5.75 Å². The lowest BCUT2D eigenvalue weighted by molar-refractivity contribution is -0.384. The average molecular weight is 481 g/mol. The predicted molar refractivity (Wildman–Crippen MR) is 140 cm³/mol. The molecule has 4 aromatic carbocycles. The first-order chi connectivity index (χ1) is 17.4. The SMILES string of the molecule is Cc1cccc(C(CNC(=O)Oc2ccc([N+](=O)[O-])cc2)(Cc2ccccc2)c2cccc(C)c2)c1. The van der Waals surface area contributed by atoms with Crippen molar-refractivity contribution in [3.8, 4) is 5.75 Å². The molecule has 0 spiro atoms. The number of amides is 1. The van der Waals surface area contributed by atoms with E-state index in [9.17, 15) is 14.9 Å². The second kappa shape index (κ2) is 10.9. The second-order valence-electron chi connectivity index (χ2n) is 8.98. The summed E-state index contributed by atoms with van der Waals surface area (Å²) in [6.45, 7) is 4.41. The summed E-state index contributed by atoms with van der Waals surface area (Å²) in [6.07, 6.45) is 0.0417. The van der Waals surface area contributed by atoms with E-state index in [1.165, 1.54) is 24.3 Å². The molecule has 182 valence electrons. The fourth-order valence-corrected chi connectivity index (χ4v) is 4.47. The maximum absolute atomic E-state index is 12.9. The Morgan fingerprint density at radius 2 is 1.42 bits per heavy atom. The normalized spacial score (nSPS) is 11.1. The molecule has 1 amide bonds. The van der Waals surface area contributed by atoms with Crippen molar-refractivity contribution in [1.82, 2.24) is 5.32 Å². The molecule has 0 radical (unpaired) electrons. The maximum atomic E-state index is 12.9. The Labute approximate surface area is 210 Å². The fourth-order valence-electron chi connectivity index (χ4n) is 4.47. The summed E-state index contributed by atoms with van der Waals surface area (Å²) in [5.41, 5.74) is 4.96. The summed E-state index contributed by atoms with van der Waals surface area (Å²) < 4.78 is 5.44. The number of hydrogen-bond donors (Lipinski definition) is 1. The minimum absolute atomic E-state index is 0.0662. The van der Waals surface area contributed by atoms with Crippen molar-refractivity contribution in [3.05, 3.63) is 141 Å². The van der Waals surface area contributed by atoms with Crippen molar-refractivity contribution < 1.29 is 14.5 Å². The molecule has 36 heavy (non-hydrogen) atoms. The van der Waals surface area contributed by atoms with E-state index in [0.717, 1.165) is 27.8 Å². The molecule has 0 aliphatic carbocycles. The summed E-state index contributed by atoms with van der Waals surface area (Å²) in [7, 11) is 0. The number of non-ortho nitro benzene ring substituents is 1. The first kappa shape index (κ1) is 24.7. The van der Waals surface area contributed by atoms with Crippen LogP contribution in [0.15, 0.2) is 103 Å². The highest BCUT2D eigenvalue weighted by Crippen LogP contribution is 2.36. The number of ether oxygens (including phenoxy) is 1. The van der Waals surface area contributed by atoms with Gasteiger partial charge in [-0.05, 0) is 49.1 Å². The molecule has 1 N–H and O–H groups in total. The van der Waals surface area contributed by atoms with Crippen LogP contribution in [0, 0.1) is 24.0 Å². The summed E-state index contributed by atoms with van der Waals surface area (Å²) in [5, 5.41) is 13.9. The Balaban J connectivity index is 1.69. The highest BCUT2D eigenvalue weighted by molar-refractivity contribution is 5.71. The zero-order valence-electron chi connectivity index (χ0n) is 20.3. The van der Waals surface area contributed by atoms with Crippen LogP contribution in [-0.2, 0) is 11.8 Å². The molecule has 0 saturated heterocycles. The van der Waals surface area contributed by atoms with Gasteiger partial charge in [-0.15, -0.1) is 0 Å². The third-order valence-corrected chi connectivity index (χ3v) is 6.28. The molecular formula is C30H28N2O4. The van der Waals surface area contributed by atoms with Crippen LogP contribution in [0.2, 0.25) is 0 Å². The zero-order valence-corrected chi connectivity index (χ0v) is 20.3. The Hall–Kier alpha value is -4.45. The number of nitro groups is 1. The van der Waals surface area contributed by atoms with Gasteiger partial charge >= 0.3 is 6.09 Å². The fraction of sp³-hybridized carbons (Fsp3) is 0.167. The van der Waals surface area contributed by atoms with Crippen LogP contribution >= 0.6 is 0 Å². The monoisotopic (exact) mass is 480 g/mol. The lowest BCUT2D eigenvalue weighted by atomic mass is 9.69. The number of nitrogens with zero attached hydrogens (tertiary/aromatic N) is 1. The molecule has 0 heterocycles. The average Bonchev–Trinajstić information content (AvgIpc) is 2.87. The molecule has 4 aromatic rings. The van der Waals surface area contributed by atoms with Gasteiger partial charge in [-0.1, -0.05) is 90.0 Å². The quantitative estimate of drug-likeness (QED) is 0.230. The third-order valence-electron chi connectivity index (χ3n) is 6.28. The van der Waals surface area contributed by atoms with Crippen LogP contribution in [0.25, 0.3) is 0 Å². The van der Waals surface area contributed by atoms with E-state index in [0.29, 0.717) is 13.0 Å². The first-order valence-electron chi connectivity index (χ1n) is 11.7. The lowest BCUT2D eigenvalue weighted by Crippen LogP contribution is -2.44. The molecule has 0 bridgehead atoms. The minimum Gasteiger partial charge on any atom is -0.410 e. The Kier molecular flexibility index (Phi) is 7.44. The van der Waals surface area contributed by atoms with Gasteiger partial charge in [0.05, 0.1) is 4.92 Å². The highest BCUT2D eigenvalue weighted by Gasteiger charge is 2.35. The molecule has 6 heteroatoms. The van der Waals surface area contributed by atoms with Crippen molar-refractivity contribution in [2.45, 2.75) is 25.7 Å². The molecular weight excluding hydrogens is 452 g/mol. The molecule has 0 aliphatic rings. The van der Waals surface area contributed by atoms with E-state index in [1.807, 2.05) is 30.3 Å². The van der Waals surface area contributed by atoms with E-state index in [-0.39, 0.29) is 11.4 Å². The lowest BCUT2D eigenvalue weighted by Gasteiger charge is -2.36. The molecule has 4 rings (SSSR count). The van der Waals surface area contributed by atoms with Crippen LogP contribution in [-0.4, -0.2) is 17.6 Å². The van der Waals surface area contributed by atoms with Crippen molar-refractivity contribution in [2.75, 3.05) is 6.54 Å². The molecule has 0 aromatic heterocycles. The molecule has 0 unspecified atom stereocenters. The maximum Gasteiger partial charge on any atom is 0.412 e. The molecule has 0 aliphatic heterocycles. The number of carbonyl (C=O) groups is 1. The van der Waals surface area contributed by atoms with E-state index < -0.39 is 16.4 Å². The van der Waals surface area contributed by atoms with Gasteiger partial charge in [0.2, 0.25) is 0 Å².